The number of aromatic nitrogens is 1. The van der Waals surface area contributed by atoms with E-state index in [1.54, 1.807) is 66.7 Å². The Hall–Kier alpha value is -3.78. The number of nitrogens with zero attached hydrogens (tertiary/aromatic N) is 1. The summed E-state index contributed by atoms with van der Waals surface area (Å²) in [5.74, 6) is -0.354. The van der Waals surface area contributed by atoms with Crippen molar-refractivity contribution in [1.82, 2.24) is 3.97 Å². The molecule has 0 spiro atoms. The summed E-state index contributed by atoms with van der Waals surface area (Å²) in [5, 5.41) is 9.80. The van der Waals surface area contributed by atoms with E-state index in [9.17, 15) is 13.2 Å². The first kappa shape index (κ1) is 22.4. The fourth-order valence-corrected chi connectivity index (χ4v) is 5.45. The largest absolute Gasteiger partial charge is 0.494 e. The summed E-state index contributed by atoms with van der Waals surface area (Å²) in [4.78, 5) is 11.3. The highest BCUT2D eigenvalue weighted by Crippen LogP contribution is 2.34. The van der Waals surface area contributed by atoms with Crippen LogP contribution in [-0.2, 0) is 21.2 Å². The summed E-state index contributed by atoms with van der Waals surface area (Å²) in [7, 11) is -4.00. The highest BCUT2D eigenvalue weighted by Gasteiger charge is 2.25. The molecule has 7 nitrogen and oxygen atoms in total. The van der Waals surface area contributed by atoms with Crippen LogP contribution in [0.4, 0.5) is 5.69 Å². The molecule has 0 aliphatic heterocycles. The van der Waals surface area contributed by atoms with Gasteiger partial charge in [-0.05, 0) is 60.9 Å². The molecule has 0 atom stereocenters. The number of hydrogen-bond acceptors (Lipinski definition) is 5. The highest BCUT2D eigenvalue weighted by atomic mass is 32.2. The van der Waals surface area contributed by atoms with Gasteiger partial charge in [0.2, 0.25) is 0 Å². The molecular formula is C25H24N2O5S. The lowest BCUT2D eigenvalue weighted by atomic mass is 10.1. The summed E-state index contributed by atoms with van der Waals surface area (Å²) in [6, 6.07) is 19.0. The molecule has 0 saturated heterocycles. The second-order valence-corrected chi connectivity index (χ2v) is 9.36. The Labute approximate surface area is 192 Å². The third-order valence-corrected chi connectivity index (χ3v) is 7.12. The first-order valence-electron chi connectivity index (χ1n) is 10.5. The maximum atomic E-state index is 13.9. The summed E-state index contributed by atoms with van der Waals surface area (Å²) in [6.07, 6.45) is 1.60. The Morgan fingerprint density at radius 3 is 2.48 bits per heavy atom. The topological polar surface area (TPSA) is 112 Å². The SMILES string of the molecule is CCOc1ccc2c(c1)c(CCC(=O)O)cn2S(=O)(=O)c1ccccc1-c1ccc(N)cc1. The van der Waals surface area contributed by atoms with Crippen molar-refractivity contribution >= 4 is 32.6 Å². The third kappa shape index (κ3) is 4.42. The van der Waals surface area contributed by atoms with E-state index in [0.717, 1.165) is 5.56 Å². The number of fused-ring (bicyclic) bond motifs is 1. The maximum Gasteiger partial charge on any atom is 0.303 e. The van der Waals surface area contributed by atoms with Crippen LogP contribution in [0, 0.1) is 0 Å². The zero-order valence-electron chi connectivity index (χ0n) is 18.1. The average molecular weight is 465 g/mol. The summed E-state index contributed by atoms with van der Waals surface area (Å²) < 4.78 is 34.5. The number of ether oxygens (including phenoxy) is 1. The standard InChI is InChI=1S/C25H24N2O5S/c1-2-32-20-12-13-23-22(15-20)18(9-14-25(28)29)16-27(23)33(30,31)24-6-4-3-5-21(24)17-7-10-19(26)11-8-17/h3-8,10-13,15-16H,2,9,14,26H2,1H3,(H,28,29). The number of aryl methyl sites for hydroxylation is 1. The van der Waals surface area contributed by atoms with Gasteiger partial charge < -0.3 is 15.6 Å². The van der Waals surface area contributed by atoms with Crippen LogP contribution in [0.2, 0.25) is 0 Å². The van der Waals surface area contributed by atoms with Crippen LogP contribution in [0.1, 0.15) is 18.9 Å². The lowest BCUT2D eigenvalue weighted by Crippen LogP contribution is -2.13. The van der Waals surface area contributed by atoms with Crippen LogP contribution in [0.3, 0.4) is 0 Å². The fourth-order valence-electron chi connectivity index (χ4n) is 3.84. The molecule has 0 unspecified atom stereocenters. The molecule has 0 saturated carbocycles. The van der Waals surface area contributed by atoms with Crippen molar-refractivity contribution in [2.75, 3.05) is 12.3 Å². The van der Waals surface area contributed by atoms with Gasteiger partial charge >= 0.3 is 5.97 Å². The Morgan fingerprint density at radius 1 is 1.06 bits per heavy atom. The molecule has 8 heteroatoms. The number of carboxylic acids is 1. The molecule has 0 fully saturated rings. The molecule has 4 aromatic rings. The summed E-state index contributed by atoms with van der Waals surface area (Å²) in [6.45, 7) is 2.32. The Morgan fingerprint density at radius 2 is 1.79 bits per heavy atom. The van der Waals surface area contributed by atoms with Gasteiger partial charge in [0.25, 0.3) is 10.0 Å². The minimum Gasteiger partial charge on any atom is -0.494 e. The van der Waals surface area contributed by atoms with E-state index in [1.165, 1.54) is 10.2 Å². The molecule has 33 heavy (non-hydrogen) atoms. The van der Waals surface area contributed by atoms with Gasteiger partial charge in [-0.1, -0.05) is 30.3 Å². The Bertz CT molecular complexity index is 1420. The van der Waals surface area contributed by atoms with Crippen molar-refractivity contribution in [3.63, 3.8) is 0 Å². The number of carbonyl (C=O) groups is 1. The Balaban J connectivity index is 1.90. The van der Waals surface area contributed by atoms with E-state index in [0.29, 0.717) is 40.1 Å². The summed E-state index contributed by atoms with van der Waals surface area (Å²) >= 11 is 0. The number of carboxylic acid groups (broad SMARTS) is 1. The van der Waals surface area contributed by atoms with Crippen molar-refractivity contribution in [1.29, 1.82) is 0 Å². The van der Waals surface area contributed by atoms with Crippen LogP contribution in [-0.4, -0.2) is 30.1 Å². The number of aliphatic carboxylic acids is 1. The zero-order valence-corrected chi connectivity index (χ0v) is 18.9. The molecular weight excluding hydrogens is 440 g/mol. The predicted octanol–water partition coefficient (Wildman–Crippen LogP) is 4.54. The van der Waals surface area contributed by atoms with Crippen LogP contribution in [0.5, 0.6) is 5.75 Å². The number of nitrogens with two attached hydrogens (primary N) is 1. The summed E-state index contributed by atoms with van der Waals surface area (Å²) in [5.41, 5.74) is 8.75. The van der Waals surface area contributed by atoms with Crippen LogP contribution in [0.25, 0.3) is 22.0 Å². The van der Waals surface area contributed by atoms with Gasteiger partial charge in [0.15, 0.2) is 0 Å². The molecule has 0 aliphatic rings. The van der Waals surface area contributed by atoms with Crippen LogP contribution < -0.4 is 10.5 Å². The van der Waals surface area contributed by atoms with Crippen molar-refractivity contribution in [3.8, 4) is 16.9 Å². The third-order valence-electron chi connectivity index (χ3n) is 5.39. The molecule has 0 bridgehead atoms. The molecule has 0 radical (unpaired) electrons. The van der Waals surface area contributed by atoms with Gasteiger partial charge in [-0.25, -0.2) is 12.4 Å². The van der Waals surface area contributed by atoms with Crippen molar-refractivity contribution in [2.45, 2.75) is 24.7 Å². The molecule has 3 aromatic carbocycles. The van der Waals surface area contributed by atoms with Gasteiger partial charge in [0.05, 0.1) is 17.0 Å². The maximum absolute atomic E-state index is 13.9. The number of nitrogen functional groups attached to an aromatic ring is 1. The molecule has 1 aromatic heterocycles. The Kier molecular flexibility index (Phi) is 6.11. The van der Waals surface area contributed by atoms with Gasteiger partial charge in [-0.3, -0.25) is 4.79 Å². The molecule has 0 amide bonds. The lowest BCUT2D eigenvalue weighted by Gasteiger charge is -2.13. The fraction of sp³-hybridized carbons (Fsp3) is 0.160. The van der Waals surface area contributed by atoms with E-state index in [1.807, 2.05) is 6.92 Å². The minimum atomic E-state index is -4.00. The molecule has 170 valence electrons. The highest BCUT2D eigenvalue weighted by molar-refractivity contribution is 7.90. The van der Waals surface area contributed by atoms with E-state index in [2.05, 4.69) is 0 Å². The minimum absolute atomic E-state index is 0.111. The van der Waals surface area contributed by atoms with Gasteiger partial charge in [-0.15, -0.1) is 0 Å². The molecule has 4 rings (SSSR count). The number of rotatable bonds is 8. The molecule has 3 N–H and O–H groups in total. The molecule has 0 aliphatic carbocycles. The smallest absolute Gasteiger partial charge is 0.303 e. The molecule has 1 heterocycles. The number of benzene rings is 3. The van der Waals surface area contributed by atoms with Crippen LogP contribution >= 0.6 is 0 Å². The first-order chi connectivity index (χ1) is 15.8. The quantitative estimate of drug-likeness (QED) is 0.370. The van der Waals surface area contributed by atoms with Gasteiger partial charge in [0.1, 0.15) is 5.75 Å². The normalized spacial score (nSPS) is 11.5. The van der Waals surface area contributed by atoms with Gasteiger partial charge in [-0.2, -0.15) is 0 Å². The van der Waals surface area contributed by atoms with Gasteiger partial charge in [0, 0.05) is 29.3 Å². The van der Waals surface area contributed by atoms with Crippen molar-refractivity contribution in [2.24, 2.45) is 0 Å². The van der Waals surface area contributed by atoms with E-state index < -0.39 is 16.0 Å². The van der Waals surface area contributed by atoms with Crippen molar-refractivity contribution < 1.29 is 23.1 Å². The van der Waals surface area contributed by atoms with Crippen molar-refractivity contribution in [3.05, 3.63) is 78.5 Å². The van der Waals surface area contributed by atoms with E-state index in [4.69, 9.17) is 15.6 Å². The van der Waals surface area contributed by atoms with E-state index in [-0.39, 0.29) is 17.7 Å². The first-order valence-corrected chi connectivity index (χ1v) is 11.9. The van der Waals surface area contributed by atoms with E-state index >= 15 is 0 Å². The lowest BCUT2D eigenvalue weighted by molar-refractivity contribution is -0.136. The average Bonchev–Trinajstić information content (AvgIpc) is 3.17. The second kappa shape index (κ2) is 8.99. The monoisotopic (exact) mass is 464 g/mol. The second-order valence-electron chi connectivity index (χ2n) is 7.58. The van der Waals surface area contributed by atoms with Crippen LogP contribution in [0.15, 0.2) is 77.8 Å². The predicted molar refractivity (Wildman–Crippen MR) is 128 cm³/mol. The zero-order chi connectivity index (χ0) is 23.6. The number of anilines is 1. The number of hydrogen-bond donors (Lipinski definition) is 2.